The molecule has 0 saturated carbocycles. The molecule has 6 heteroatoms. The normalized spacial score (nSPS) is 16.6. The first-order chi connectivity index (χ1) is 11.8. The second-order valence-electron chi connectivity index (χ2n) is 6.23. The second kappa shape index (κ2) is 8.62. The topological polar surface area (TPSA) is 47.2 Å². The Hall–Kier alpha value is -1.40. The molecular weight excluding hydrogens is 322 g/mol. The number of hydrogen-bond acceptors (Lipinski definition) is 4. The van der Waals surface area contributed by atoms with Crippen molar-refractivity contribution in [3.8, 4) is 11.3 Å². The fourth-order valence-electron chi connectivity index (χ4n) is 3.10. The third kappa shape index (κ3) is 4.57. The van der Waals surface area contributed by atoms with Crippen LogP contribution in [-0.2, 0) is 6.54 Å². The summed E-state index contributed by atoms with van der Waals surface area (Å²) < 4.78 is 0. The van der Waals surface area contributed by atoms with E-state index in [1.165, 1.54) is 38.3 Å². The van der Waals surface area contributed by atoms with Crippen LogP contribution in [-0.4, -0.2) is 65.8 Å². The lowest BCUT2D eigenvalue weighted by Crippen LogP contribution is -2.47. The zero-order valence-electron chi connectivity index (χ0n) is 14.3. The smallest absolute Gasteiger partial charge is 0.0695 e. The maximum atomic E-state index is 5.96. The number of likely N-dealkylation sites (N-methyl/N-ethyl adjacent to an activating group) is 1. The van der Waals surface area contributed by atoms with Crippen LogP contribution >= 0.6 is 11.6 Å². The highest BCUT2D eigenvalue weighted by Gasteiger charge is 2.14. The Labute approximate surface area is 149 Å². The molecule has 0 aliphatic carbocycles. The zero-order valence-corrected chi connectivity index (χ0v) is 15.0. The molecule has 0 amide bonds. The Balaban J connectivity index is 1.45. The van der Waals surface area contributed by atoms with E-state index in [4.69, 9.17) is 11.6 Å². The first-order valence-corrected chi connectivity index (χ1v) is 9.07. The first-order valence-electron chi connectivity index (χ1n) is 8.70. The van der Waals surface area contributed by atoms with Crippen LogP contribution in [0.15, 0.2) is 30.5 Å². The van der Waals surface area contributed by atoms with Gasteiger partial charge in [0.25, 0.3) is 0 Å². The Kier molecular flexibility index (Phi) is 6.26. The average Bonchev–Trinajstić information content (AvgIpc) is 3.08. The highest BCUT2D eigenvalue weighted by molar-refractivity contribution is 6.30. The van der Waals surface area contributed by atoms with Gasteiger partial charge in [0, 0.05) is 56.4 Å². The number of hydrogen-bond donors (Lipinski definition) is 2. The monoisotopic (exact) mass is 347 g/mol. The van der Waals surface area contributed by atoms with Crippen LogP contribution in [0.4, 0.5) is 0 Å². The summed E-state index contributed by atoms with van der Waals surface area (Å²) in [6.45, 7) is 11.1. The van der Waals surface area contributed by atoms with E-state index in [9.17, 15) is 0 Å². The van der Waals surface area contributed by atoms with Gasteiger partial charge in [0.1, 0.15) is 0 Å². The number of piperazine rings is 1. The zero-order chi connectivity index (χ0) is 16.8. The van der Waals surface area contributed by atoms with Crippen LogP contribution in [0.25, 0.3) is 11.3 Å². The van der Waals surface area contributed by atoms with Gasteiger partial charge in [-0.2, -0.15) is 5.10 Å². The Morgan fingerprint density at radius 2 is 1.83 bits per heavy atom. The third-order valence-electron chi connectivity index (χ3n) is 4.68. The highest BCUT2D eigenvalue weighted by atomic mass is 35.5. The maximum Gasteiger partial charge on any atom is 0.0695 e. The van der Waals surface area contributed by atoms with Gasteiger partial charge in [-0.3, -0.25) is 10.00 Å². The SMILES string of the molecule is CCN1CCN(CCNCc2cn[nH]c2-c2ccc(Cl)cc2)CC1. The molecular formula is C18H26ClN5. The van der Waals surface area contributed by atoms with Gasteiger partial charge in [-0.05, 0) is 24.2 Å². The van der Waals surface area contributed by atoms with Crippen molar-refractivity contribution >= 4 is 11.6 Å². The van der Waals surface area contributed by atoms with Crippen molar-refractivity contribution in [3.63, 3.8) is 0 Å². The largest absolute Gasteiger partial charge is 0.311 e. The van der Waals surface area contributed by atoms with Crippen LogP contribution in [0.3, 0.4) is 0 Å². The molecule has 1 saturated heterocycles. The number of aromatic amines is 1. The van der Waals surface area contributed by atoms with Gasteiger partial charge >= 0.3 is 0 Å². The number of nitrogens with one attached hydrogen (secondary N) is 2. The standard InChI is InChI=1S/C18H26ClN5/c1-2-23-9-11-24(12-10-23)8-7-20-13-16-14-21-22-18(16)15-3-5-17(19)6-4-15/h3-6,14,20H,2,7-13H2,1H3,(H,21,22). The number of nitrogens with zero attached hydrogens (tertiary/aromatic N) is 3. The lowest BCUT2D eigenvalue weighted by atomic mass is 10.1. The van der Waals surface area contributed by atoms with Crippen molar-refractivity contribution in [1.82, 2.24) is 25.3 Å². The molecule has 2 heterocycles. The minimum Gasteiger partial charge on any atom is -0.311 e. The molecule has 130 valence electrons. The number of H-pyrrole nitrogens is 1. The molecule has 3 rings (SSSR count). The first kappa shape index (κ1) is 17.4. The predicted molar refractivity (Wildman–Crippen MR) is 99.3 cm³/mol. The average molecular weight is 348 g/mol. The van der Waals surface area contributed by atoms with E-state index in [0.717, 1.165) is 35.9 Å². The Bertz CT molecular complexity index is 617. The molecule has 1 aromatic heterocycles. The van der Waals surface area contributed by atoms with E-state index in [1.807, 2.05) is 30.5 Å². The summed E-state index contributed by atoms with van der Waals surface area (Å²) in [6, 6.07) is 7.86. The van der Waals surface area contributed by atoms with Gasteiger partial charge in [0.05, 0.1) is 11.9 Å². The minimum atomic E-state index is 0.751. The van der Waals surface area contributed by atoms with Crippen molar-refractivity contribution in [2.24, 2.45) is 0 Å². The molecule has 1 fully saturated rings. The summed E-state index contributed by atoms with van der Waals surface area (Å²) in [5.41, 5.74) is 3.37. The summed E-state index contributed by atoms with van der Waals surface area (Å²) in [7, 11) is 0. The van der Waals surface area contributed by atoms with Gasteiger partial charge in [0.15, 0.2) is 0 Å². The van der Waals surface area contributed by atoms with Crippen molar-refractivity contribution in [2.45, 2.75) is 13.5 Å². The lowest BCUT2D eigenvalue weighted by Gasteiger charge is -2.34. The van der Waals surface area contributed by atoms with Crippen LogP contribution < -0.4 is 5.32 Å². The molecule has 0 radical (unpaired) electrons. The lowest BCUT2D eigenvalue weighted by molar-refractivity contribution is 0.138. The summed E-state index contributed by atoms with van der Waals surface area (Å²) in [4.78, 5) is 5.04. The van der Waals surface area contributed by atoms with Crippen LogP contribution in [0.2, 0.25) is 5.02 Å². The van der Waals surface area contributed by atoms with Crippen LogP contribution in [0.1, 0.15) is 12.5 Å². The Morgan fingerprint density at radius 3 is 2.54 bits per heavy atom. The van der Waals surface area contributed by atoms with Gasteiger partial charge in [-0.1, -0.05) is 30.7 Å². The summed E-state index contributed by atoms with van der Waals surface area (Å²) in [5, 5.41) is 11.6. The van der Waals surface area contributed by atoms with E-state index in [2.05, 4.69) is 32.2 Å². The van der Waals surface area contributed by atoms with Crippen LogP contribution in [0, 0.1) is 0 Å². The van der Waals surface area contributed by atoms with E-state index in [-0.39, 0.29) is 0 Å². The van der Waals surface area contributed by atoms with Crippen LogP contribution in [0.5, 0.6) is 0 Å². The molecule has 0 atom stereocenters. The van der Waals surface area contributed by atoms with Gasteiger partial charge in [0.2, 0.25) is 0 Å². The fraction of sp³-hybridized carbons (Fsp3) is 0.500. The molecule has 0 unspecified atom stereocenters. The number of halogens is 1. The van der Waals surface area contributed by atoms with E-state index < -0.39 is 0 Å². The predicted octanol–water partition coefficient (Wildman–Crippen LogP) is 2.46. The second-order valence-corrected chi connectivity index (χ2v) is 6.67. The van der Waals surface area contributed by atoms with Crippen molar-refractivity contribution < 1.29 is 0 Å². The van der Waals surface area contributed by atoms with Crippen molar-refractivity contribution in [3.05, 3.63) is 41.0 Å². The van der Waals surface area contributed by atoms with E-state index >= 15 is 0 Å². The molecule has 1 aliphatic rings. The molecule has 24 heavy (non-hydrogen) atoms. The number of rotatable bonds is 7. The number of benzene rings is 1. The van der Waals surface area contributed by atoms with Gasteiger partial charge < -0.3 is 10.2 Å². The summed E-state index contributed by atoms with van der Waals surface area (Å²) in [6.07, 6.45) is 1.90. The molecule has 1 aromatic carbocycles. The third-order valence-corrected chi connectivity index (χ3v) is 4.94. The molecule has 2 aromatic rings. The van der Waals surface area contributed by atoms with E-state index in [1.54, 1.807) is 0 Å². The molecule has 5 nitrogen and oxygen atoms in total. The Morgan fingerprint density at radius 1 is 1.12 bits per heavy atom. The molecule has 0 bridgehead atoms. The summed E-state index contributed by atoms with van der Waals surface area (Å²) in [5.74, 6) is 0. The van der Waals surface area contributed by atoms with Crippen molar-refractivity contribution in [1.29, 1.82) is 0 Å². The maximum absolute atomic E-state index is 5.96. The molecule has 1 aliphatic heterocycles. The number of aromatic nitrogens is 2. The van der Waals surface area contributed by atoms with Gasteiger partial charge in [-0.25, -0.2) is 0 Å². The minimum absolute atomic E-state index is 0.751. The van der Waals surface area contributed by atoms with Gasteiger partial charge in [-0.15, -0.1) is 0 Å². The molecule has 0 spiro atoms. The van der Waals surface area contributed by atoms with Crippen molar-refractivity contribution in [2.75, 3.05) is 45.8 Å². The van der Waals surface area contributed by atoms with E-state index in [0.29, 0.717) is 0 Å². The molecule has 2 N–H and O–H groups in total. The summed E-state index contributed by atoms with van der Waals surface area (Å²) >= 11 is 5.96. The quantitative estimate of drug-likeness (QED) is 0.755. The highest BCUT2D eigenvalue weighted by Crippen LogP contribution is 2.22. The fourth-order valence-corrected chi connectivity index (χ4v) is 3.23.